The molecule has 96 valence electrons. The van der Waals surface area contributed by atoms with E-state index in [0.29, 0.717) is 6.10 Å². The molecule has 2 unspecified atom stereocenters. The normalized spacial score (nSPS) is 23.1. The summed E-state index contributed by atoms with van der Waals surface area (Å²) in [6, 6.07) is 2.02. The van der Waals surface area contributed by atoms with Crippen LogP contribution >= 0.6 is 0 Å². The van der Waals surface area contributed by atoms with Crippen LogP contribution in [-0.4, -0.2) is 48.2 Å². The Balaban J connectivity index is 2.09. The Morgan fingerprint density at radius 3 is 2.62 bits per heavy atom. The molecule has 0 aromatic rings. The maximum atomic E-state index is 5.80. The quantitative estimate of drug-likeness (QED) is 0.336. The molecule has 1 saturated heterocycles. The third-order valence-electron chi connectivity index (χ3n) is 2.87. The lowest BCUT2D eigenvalue weighted by Crippen LogP contribution is -2.40. The van der Waals surface area contributed by atoms with Crippen LogP contribution in [0.3, 0.4) is 0 Å². The molecule has 1 aliphatic rings. The molecule has 16 heavy (non-hydrogen) atoms. The van der Waals surface area contributed by atoms with Gasteiger partial charge in [0.25, 0.3) is 0 Å². The fourth-order valence-electron chi connectivity index (χ4n) is 1.74. The number of ether oxygens (including phenoxy) is 2. The molecule has 0 saturated carbocycles. The summed E-state index contributed by atoms with van der Waals surface area (Å²) in [5, 5.41) is 0. The third-order valence-corrected chi connectivity index (χ3v) is 6.62. The van der Waals surface area contributed by atoms with Gasteiger partial charge in [-0.3, -0.25) is 0 Å². The van der Waals surface area contributed by atoms with Crippen molar-refractivity contribution in [1.82, 2.24) is 0 Å². The van der Waals surface area contributed by atoms with Crippen molar-refractivity contribution in [2.24, 2.45) is 0 Å². The van der Waals surface area contributed by atoms with Gasteiger partial charge in [0.15, 0.2) is 0 Å². The minimum Gasteiger partial charge on any atom is -0.398 e. The maximum Gasteiger partial charge on any atom is 0.337 e. The zero-order valence-corrected chi connectivity index (χ0v) is 11.7. The van der Waals surface area contributed by atoms with Gasteiger partial charge in [0.2, 0.25) is 0 Å². The summed E-state index contributed by atoms with van der Waals surface area (Å²) >= 11 is 0. The van der Waals surface area contributed by atoms with Crippen LogP contribution in [0.25, 0.3) is 0 Å². The topological polar surface area (TPSA) is 40.2 Å². The molecular weight excluding hydrogens is 224 g/mol. The van der Waals surface area contributed by atoms with Gasteiger partial charge in [-0.05, 0) is 25.4 Å². The second kappa shape index (κ2) is 7.40. The molecule has 2 atom stereocenters. The number of rotatable bonds is 10. The molecule has 0 radical (unpaired) electrons. The Bertz CT molecular complexity index is 181. The summed E-state index contributed by atoms with van der Waals surface area (Å²) in [5.74, 6) is 0. The van der Waals surface area contributed by atoms with E-state index >= 15 is 0 Å². The molecule has 1 heterocycles. The van der Waals surface area contributed by atoms with Crippen LogP contribution < -0.4 is 0 Å². The van der Waals surface area contributed by atoms with Crippen molar-refractivity contribution in [2.45, 2.75) is 38.5 Å². The minimum absolute atomic E-state index is 0.363. The van der Waals surface area contributed by atoms with E-state index in [1.807, 2.05) is 6.92 Å². The fourth-order valence-corrected chi connectivity index (χ4v) is 4.26. The highest BCUT2D eigenvalue weighted by atomic mass is 28.4. The van der Waals surface area contributed by atoms with E-state index in [9.17, 15) is 0 Å². The van der Waals surface area contributed by atoms with Crippen molar-refractivity contribution in [3.63, 3.8) is 0 Å². The van der Waals surface area contributed by atoms with Crippen molar-refractivity contribution in [3.05, 3.63) is 0 Å². The first kappa shape index (κ1) is 14.1. The Labute approximate surface area is 99.5 Å². The first-order valence-electron chi connectivity index (χ1n) is 6.14. The lowest BCUT2D eigenvalue weighted by atomic mass is 10.5. The summed E-state index contributed by atoms with van der Waals surface area (Å²) in [6.45, 7) is 7.30. The number of hydrogen-bond donors (Lipinski definition) is 0. The van der Waals surface area contributed by atoms with Crippen molar-refractivity contribution >= 4 is 8.56 Å². The van der Waals surface area contributed by atoms with E-state index in [-0.39, 0.29) is 0 Å². The molecule has 1 aliphatic heterocycles. The Kier molecular flexibility index (Phi) is 6.53. The van der Waals surface area contributed by atoms with Crippen LogP contribution in [0, 0.1) is 0 Å². The predicted molar refractivity (Wildman–Crippen MR) is 64.9 cm³/mol. The van der Waals surface area contributed by atoms with Gasteiger partial charge < -0.3 is 18.3 Å². The molecule has 1 fully saturated rings. The average molecular weight is 248 g/mol. The van der Waals surface area contributed by atoms with Crippen LogP contribution in [0.15, 0.2) is 0 Å². The lowest BCUT2D eigenvalue weighted by molar-refractivity contribution is 0.114. The summed E-state index contributed by atoms with van der Waals surface area (Å²) in [5.41, 5.74) is 0. The number of epoxide rings is 1. The molecule has 0 amide bonds. The zero-order chi connectivity index (χ0) is 11.9. The molecule has 0 aliphatic carbocycles. The standard InChI is InChI=1S/C11H24O4Si/c1-4-15-16(5-2,12-3)8-6-7-13-9-11-10-14-11/h11H,4-10H2,1-3H3. The average Bonchev–Trinajstić information content (AvgIpc) is 3.11. The molecule has 0 bridgehead atoms. The summed E-state index contributed by atoms with van der Waals surface area (Å²) in [4.78, 5) is 0. The Morgan fingerprint density at radius 2 is 2.12 bits per heavy atom. The van der Waals surface area contributed by atoms with E-state index in [1.165, 1.54) is 0 Å². The largest absolute Gasteiger partial charge is 0.398 e. The fraction of sp³-hybridized carbons (Fsp3) is 1.00. The third kappa shape index (κ3) is 4.93. The van der Waals surface area contributed by atoms with E-state index < -0.39 is 8.56 Å². The highest BCUT2D eigenvalue weighted by Crippen LogP contribution is 2.20. The highest BCUT2D eigenvalue weighted by Gasteiger charge is 2.33. The van der Waals surface area contributed by atoms with Gasteiger partial charge in [0.05, 0.1) is 13.2 Å². The van der Waals surface area contributed by atoms with Crippen LogP contribution in [0.1, 0.15) is 20.3 Å². The van der Waals surface area contributed by atoms with Crippen molar-refractivity contribution < 1.29 is 18.3 Å². The number of hydrogen-bond acceptors (Lipinski definition) is 4. The first-order chi connectivity index (χ1) is 7.76. The predicted octanol–water partition coefficient (Wildman–Crippen LogP) is 1.94. The molecule has 5 heteroatoms. The van der Waals surface area contributed by atoms with Crippen LogP contribution in [0.5, 0.6) is 0 Å². The molecule has 0 spiro atoms. The van der Waals surface area contributed by atoms with E-state index in [1.54, 1.807) is 7.11 Å². The molecular formula is C11H24O4Si. The zero-order valence-electron chi connectivity index (χ0n) is 10.7. The second-order valence-corrected chi connectivity index (χ2v) is 7.76. The van der Waals surface area contributed by atoms with Crippen LogP contribution in [0.4, 0.5) is 0 Å². The maximum absolute atomic E-state index is 5.80. The van der Waals surface area contributed by atoms with Gasteiger partial charge in [0, 0.05) is 20.3 Å². The summed E-state index contributed by atoms with van der Waals surface area (Å²) in [6.07, 6.45) is 1.38. The van der Waals surface area contributed by atoms with Crippen molar-refractivity contribution in [3.8, 4) is 0 Å². The van der Waals surface area contributed by atoms with Crippen molar-refractivity contribution in [2.75, 3.05) is 33.5 Å². The van der Waals surface area contributed by atoms with Crippen LogP contribution in [0.2, 0.25) is 12.1 Å². The van der Waals surface area contributed by atoms with Gasteiger partial charge >= 0.3 is 8.56 Å². The Morgan fingerprint density at radius 1 is 1.38 bits per heavy atom. The Hall–Kier alpha value is 0.0569. The first-order valence-corrected chi connectivity index (χ1v) is 8.38. The minimum atomic E-state index is -1.92. The summed E-state index contributed by atoms with van der Waals surface area (Å²) in [7, 11) is -0.148. The van der Waals surface area contributed by atoms with Gasteiger partial charge in [-0.1, -0.05) is 6.92 Å². The monoisotopic (exact) mass is 248 g/mol. The van der Waals surface area contributed by atoms with E-state index in [2.05, 4.69) is 6.92 Å². The van der Waals surface area contributed by atoms with Crippen molar-refractivity contribution in [1.29, 1.82) is 0 Å². The molecule has 1 rings (SSSR count). The highest BCUT2D eigenvalue weighted by molar-refractivity contribution is 6.67. The lowest BCUT2D eigenvalue weighted by Gasteiger charge is -2.27. The smallest absolute Gasteiger partial charge is 0.337 e. The van der Waals surface area contributed by atoms with Gasteiger partial charge in [-0.2, -0.15) is 0 Å². The van der Waals surface area contributed by atoms with E-state index in [4.69, 9.17) is 18.3 Å². The molecule has 0 aromatic heterocycles. The summed E-state index contributed by atoms with van der Waals surface area (Å²) < 4.78 is 22.0. The van der Waals surface area contributed by atoms with Gasteiger partial charge in [-0.25, -0.2) is 0 Å². The SMILES string of the molecule is CCO[Si](CC)(CCCOCC1CO1)OC. The van der Waals surface area contributed by atoms with Crippen LogP contribution in [-0.2, 0) is 18.3 Å². The molecule has 0 aromatic carbocycles. The van der Waals surface area contributed by atoms with E-state index in [0.717, 1.165) is 44.9 Å². The van der Waals surface area contributed by atoms with Gasteiger partial charge in [0.1, 0.15) is 6.10 Å². The second-order valence-electron chi connectivity index (χ2n) is 4.04. The molecule has 0 N–H and O–H groups in total. The molecule has 4 nitrogen and oxygen atoms in total. The van der Waals surface area contributed by atoms with Gasteiger partial charge in [-0.15, -0.1) is 0 Å².